The lowest BCUT2D eigenvalue weighted by Gasteiger charge is -2.30. The van der Waals surface area contributed by atoms with E-state index in [1.165, 1.54) is 32.4 Å². The first kappa shape index (κ1) is 8.48. The smallest absolute Gasteiger partial charge is 0.157 e. The summed E-state index contributed by atoms with van der Waals surface area (Å²) < 4.78 is 11.0. The topological polar surface area (TPSA) is 21.7 Å². The van der Waals surface area contributed by atoms with Crippen molar-refractivity contribution in [1.82, 2.24) is 4.90 Å². The maximum absolute atomic E-state index is 5.60. The minimum atomic E-state index is -0.00285. The Balaban J connectivity index is 1.83. The number of ether oxygens (including phenoxy) is 2. The number of rotatable bonds is 1. The van der Waals surface area contributed by atoms with E-state index in [0.29, 0.717) is 0 Å². The highest BCUT2D eigenvalue weighted by atomic mass is 16.7. The van der Waals surface area contributed by atoms with Crippen LogP contribution < -0.4 is 0 Å². The standard InChI is InChI=1S/C9H17NO2/c1-8-11-7-9(12-8)10-5-3-2-4-6-10/h8-9H,2-7H2,1H3. The van der Waals surface area contributed by atoms with Gasteiger partial charge in [0.15, 0.2) is 6.29 Å². The molecule has 70 valence electrons. The molecule has 0 aromatic carbocycles. The molecule has 0 saturated carbocycles. The fraction of sp³-hybridized carbons (Fsp3) is 1.00. The zero-order valence-electron chi connectivity index (χ0n) is 7.66. The average Bonchev–Trinajstić information content (AvgIpc) is 2.54. The number of likely N-dealkylation sites (tertiary alicyclic amines) is 1. The molecule has 2 fully saturated rings. The van der Waals surface area contributed by atoms with E-state index < -0.39 is 0 Å². The molecule has 0 aliphatic carbocycles. The Morgan fingerprint density at radius 1 is 1.17 bits per heavy atom. The third kappa shape index (κ3) is 1.79. The largest absolute Gasteiger partial charge is 0.349 e. The summed E-state index contributed by atoms with van der Waals surface area (Å²) in [7, 11) is 0. The lowest BCUT2D eigenvalue weighted by atomic mass is 10.1. The molecule has 2 rings (SSSR count). The van der Waals surface area contributed by atoms with Gasteiger partial charge >= 0.3 is 0 Å². The van der Waals surface area contributed by atoms with Crippen molar-refractivity contribution < 1.29 is 9.47 Å². The SMILES string of the molecule is CC1OCC(N2CCCCC2)O1. The molecule has 0 N–H and O–H groups in total. The molecular weight excluding hydrogens is 154 g/mol. The Morgan fingerprint density at radius 2 is 1.92 bits per heavy atom. The number of piperidine rings is 1. The van der Waals surface area contributed by atoms with E-state index >= 15 is 0 Å². The van der Waals surface area contributed by atoms with Crippen molar-refractivity contribution in [3.8, 4) is 0 Å². The molecule has 2 aliphatic heterocycles. The predicted molar refractivity (Wildman–Crippen MR) is 45.7 cm³/mol. The van der Waals surface area contributed by atoms with Crippen molar-refractivity contribution in [3.05, 3.63) is 0 Å². The molecule has 2 aliphatic rings. The molecule has 0 radical (unpaired) electrons. The van der Waals surface area contributed by atoms with Gasteiger partial charge in [0.25, 0.3) is 0 Å². The quantitative estimate of drug-likeness (QED) is 0.591. The van der Waals surface area contributed by atoms with Gasteiger partial charge in [-0.3, -0.25) is 4.90 Å². The summed E-state index contributed by atoms with van der Waals surface area (Å²) >= 11 is 0. The highest BCUT2D eigenvalue weighted by molar-refractivity contribution is 4.71. The number of nitrogens with zero attached hydrogens (tertiary/aromatic N) is 1. The summed E-state index contributed by atoms with van der Waals surface area (Å²) in [6, 6.07) is 0. The van der Waals surface area contributed by atoms with Gasteiger partial charge in [0.1, 0.15) is 6.23 Å². The van der Waals surface area contributed by atoms with E-state index in [4.69, 9.17) is 9.47 Å². The zero-order chi connectivity index (χ0) is 8.39. The van der Waals surface area contributed by atoms with Crippen LogP contribution in [0.5, 0.6) is 0 Å². The molecule has 2 heterocycles. The van der Waals surface area contributed by atoms with Crippen molar-refractivity contribution in [2.75, 3.05) is 19.7 Å². The molecule has 2 unspecified atom stereocenters. The summed E-state index contributed by atoms with van der Waals surface area (Å²) in [5, 5.41) is 0. The highest BCUT2D eigenvalue weighted by Crippen LogP contribution is 2.19. The molecule has 3 nitrogen and oxygen atoms in total. The van der Waals surface area contributed by atoms with Gasteiger partial charge in [-0.15, -0.1) is 0 Å². The van der Waals surface area contributed by atoms with E-state index in [0.717, 1.165) is 6.61 Å². The van der Waals surface area contributed by atoms with Crippen molar-refractivity contribution in [1.29, 1.82) is 0 Å². The second-order valence-electron chi connectivity index (χ2n) is 3.59. The molecule has 0 spiro atoms. The van der Waals surface area contributed by atoms with E-state index in [1.807, 2.05) is 6.92 Å². The molecule has 2 saturated heterocycles. The molecule has 0 aromatic rings. The number of hydrogen-bond acceptors (Lipinski definition) is 3. The second kappa shape index (κ2) is 3.73. The van der Waals surface area contributed by atoms with Crippen LogP contribution in [0.1, 0.15) is 26.2 Å². The van der Waals surface area contributed by atoms with Crippen LogP contribution in [0.4, 0.5) is 0 Å². The lowest BCUT2D eigenvalue weighted by Crippen LogP contribution is -2.40. The van der Waals surface area contributed by atoms with Gasteiger partial charge in [0, 0.05) is 13.1 Å². The first-order valence-corrected chi connectivity index (χ1v) is 4.87. The third-order valence-corrected chi connectivity index (χ3v) is 2.62. The summed E-state index contributed by atoms with van der Waals surface area (Å²) in [4.78, 5) is 2.40. The van der Waals surface area contributed by atoms with Gasteiger partial charge in [-0.25, -0.2) is 0 Å². The second-order valence-corrected chi connectivity index (χ2v) is 3.59. The van der Waals surface area contributed by atoms with E-state index in [2.05, 4.69) is 4.90 Å². The highest BCUT2D eigenvalue weighted by Gasteiger charge is 2.28. The van der Waals surface area contributed by atoms with Crippen molar-refractivity contribution in [3.63, 3.8) is 0 Å². The zero-order valence-corrected chi connectivity index (χ0v) is 7.66. The maximum Gasteiger partial charge on any atom is 0.157 e. The van der Waals surface area contributed by atoms with E-state index in [9.17, 15) is 0 Å². The fourth-order valence-electron chi connectivity index (χ4n) is 1.92. The third-order valence-electron chi connectivity index (χ3n) is 2.62. The summed E-state index contributed by atoms with van der Waals surface area (Å²) in [6.07, 6.45) is 4.24. The van der Waals surface area contributed by atoms with Crippen LogP contribution in [0, 0.1) is 0 Å². The molecule has 0 bridgehead atoms. The summed E-state index contributed by atoms with van der Waals surface area (Å²) in [6.45, 7) is 5.08. The van der Waals surface area contributed by atoms with Gasteiger partial charge in [-0.1, -0.05) is 6.42 Å². The van der Waals surface area contributed by atoms with Crippen LogP contribution in [0.2, 0.25) is 0 Å². The Bertz CT molecular complexity index is 143. The van der Waals surface area contributed by atoms with E-state index in [1.54, 1.807) is 0 Å². The van der Waals surface area contributed by atoms with Crippen LogP contribution in [0.3, 0.4) is 0 Å². The monoisotopic (exact) mass is 171 g/mol. The van der Waals surface area contributed by atoms with Crippen molar-refractivity contribution in [2.45, 2.75) is 38.7 Å². The van der Waals surface area contributed by atoms with Crippen molar-refractivity contribution >= 4 is 0 Å². The minimum absolute atomic E-state index is 0.00285. The molecule has 3 heteroatoms. The lowest BCUT2D eigenvalue weighted by molar-refractivity contribution is -0.0846. The van der Waals surface area contributed by atoms with Gasteiger partial charge in [0.05, 0.1) is 6.61 Å². The van der Waals surface area contributed by atoms with Crippen LogP contribution in [-0.2, 0) is 9.47 Å². The minimum Gasteiger partial charge on any atom is -0.349 e. The van der Waals surface area contributed by atoms with Gasteiger partial charge in [0.2, 0.25) is 0 Å². The first-order chi connectivity index (χ1) is 5.86. The fourth-order valence-corrected chi connectivity index (χ4v) is 1.92. The maximum atomic E-state index is 5.60. The molecule has 0 amide bonds. The van der Waals surface area contributed by atoms with Gasteiger partial charge in [-0.05, 0) is 19.8 Å². The van der Waals surface area contributed by atoms with Crippen molar-refractivity contribution in [2.24, 2.45) is 0 Å². The van der Waals surface area contributed by atoms with Crippen LogP contribution in [0.15, 0.2) is 0 Å². The normalized spacial score (nSPS) is 38.8. The average molecular weight is 171 g/mol. The van der Waals surface area contributed by atoms with Crippen LogP contribution >= 0.6 is 0 Å². The molecule has 0 aromatic heterocycles. The van der Waals surface area contributed by atoms with Crippen LogP contribution in [0.25, 0.3) is 0 Å². The molecule has 2 atom stereocenters. The summed E-state index contributed by atoms with van der Waals surface area (Å²) in [5.74, 6) is 0. The Morgan fingerprint density at radius 3 is 2.50 bits per heavy atom. The Labute approximate surface area is 73.6 Å². The van der Waals surface area contributed by atoms with E-state index in [-0.39, 0.29) is 12.5 Å². The predicted octanol–water partition coefficient (Wildman–Crippen LogP) is 1.19. The number of hydrogen-bond donors (Lipinski definition) is 0. The van der Waals surface area contributed by atoms with Gasteiger partial charge < -0.3 is 9.47 Å². The molecular formula is C9H17NO2. The summed E-state index contributed by atoms with van der Waals surface area (Å²) in [5.41, 5.74) is 0. The molecule has 12 heavy (non-hydrogen) atoms. The Hall–Kier alpha value is -0.120. The first-order valence-electron chi connectivity index (χ1n) is 4.87. The van der Waals surface area contributed by atoms with Gasteiger partial charge in [-0.2, -0.15) is 0 Å². The Kier molecular flexibility index (Phi) is 2.63. The van der Waals surface area contributed by atoms with Crippen LogP contribution in [-0.4, -0.2) is 37.1 Å².